The molecule has 0 aromatic heterocycles. The Morgan fingerprint density at radius 1 is 1.08 bits per heavy atom. The standard InChI is InChI=1S/C26H29N3O8/c1-35-20-9-6-18(16-21(20)36-2)24(30)22-23(17-4-7-19(8-5-17)29(33)34)28(26(32)25(22)31)11-3-10-27-12-14-37-15-13-27/h4-9,16,23,30H,3,10-15H2,1-2H3/b24-22+. The Hall–Kier alpha value is -3.96. The quantitative estimate of drug-likeness (QED) is 0.165. The van der Waals surface area contributed by atoms with Crippen molar-refractivity contribution in [2.75, 3.05) is 53.6 Å². The maximum absolute atomic E-state index is 13.6. The largest absolute Gasteiger partial charge is 0.872 e. The van der Waals surface area contributed by atoms with Crippen molar-refractivity contribution in [3.8, 4) is 11.5 Å². The van der Waals surface area contributed by atoms with Crippen molar-refractivity contribution in [1.29, 1.82) is 0 Å². The zero-order valence-corrected chi connectivity index (χ0v) is 20.7. The molecule has 2 saturated heterocycles. The number of nitrogens with one attached hydrogen (secondary N) is 1. The molecule has 1 atom stereocenters. The second-order valence-electron chi connectivity index (χ2n) is 8.86. The van der Waals surface area contributed by atoms with E-state index < -0.39 is 28.4 Å². The number of quaternary nitrogens is 1. The lowest BCUT2D eigenvalue weighted by Crippen LogP contribution is -3.14. The van der Waals surface area contributed by atoms with Crippen LogP contribution in [-0.4, -0.2) is 75.1 Å². The lowest BCUT2D eigenvalue weighted by Gasteiger charge is -2.29. The van der Waals surface area contributed by atoms with E-state index in [0.717, 1.165) is 19.6 Å². The summed E-state index contributed by atoms with van der Waals surface area (Å²) in [6, 6.07) is 9.13. The molecule has 2 aliphatic heterocycles. The number of carbonyl (C=O) groups is 2. The summed E-state index contributed by atoms with van der Waals surface area (Å²) in [6.45, 7) is 4.15. The van der Waals surface area contributed by atoms with E-state index in [0.29, 0.717) is 36.7 Å². The summed E-state index contributed by atoms with van der Waals surface area (Å²) in [5.41, 5.74) is 0.298. The van der Waals surface area contributed by atoms with E-state index in [-0.39, 0.29) is 23.4 Å². The van der Waals surface area contributed by atoms with Crippen LogP contribution < -0.4 is 19.5 Å². The number of nitro benzene ring substituents is 1. The summed E-state index contributed by atoms with van der Waals surface area (Å²) in [7, 11) is 2.90. The number of non-ortho nitro benzene ring substituents is 1. The van der Waals surface area contributed by atoms with Gasteiger partial charge in [0.25, 0.3) is 11.6 Å². The first-order chi connectivity index (χ1) is 17.8. The number of rotatable bonds is 9. The number of morpholine rings is 1. The van der Waals surface area contributed by atoms with Gasteiger partial charge in [0.2, 0.25) is 5.78 Å². The summed E-state index contributed by atoms with van der Waals surface area (Å²) < 4.78 is 15.9. The van der Waals surface area contributed by atoms with Gasteiger partial charge >= 0.3 is 0 Å². The van der Waals surface area contributed by atoms with Gasteiger partial charge in [-0.05, 0) is 35.4 Å². The highest BCUT2D eigenvalue weighted by Crippen LogP contribution is 2.40. The SMILES string of the molecule is COc1ccc(/C([O-])=C2\C(=O)C(=O)N(CCC[NH+]3CCOCC3)C2c2ccc([N+](=O)[O-])cc2)cc1OC. The Bertz CT molecular complexity index is 1200. The van der Waals surface area contributed by atoms with Gasteiger partial charge in [-0.1, -0.05) is 11.8 Å². The maximum atomic E-state index is 13.6. The molecule has 11 heteroatoms. The Labute approximate surface area is 214 Å². The Kier molecular flexibility index (Phi) is 8.04. The highest BCUT2D eigenvalue weighted by atomic mass is 16.6. The number of likely N-dealkylation sites (tertiary alicyclic amines) is 1. The third-order valence-electron chi connectivity index (χ3n) is 6.72. The van der Waals surface area contributed by atoms with Crippen LogP contribution in [0, 0.1) is 10.1 Å². The molecule has 2 aromatic carbocycles. The lowest BCUT2D eigenvalue weighted by molar-refractivity contribution is -0.908. The van der Waals surface area contributed by atoms with E-state index in [1.165, 1.54) is 60.4 Å². The van der Waals surface area contributed by atoms with Crippen LogP contribution in [0.4, 0.5) is 5.69 Å². The van der Waals surface area contributed by atoms with Crippen LogP contribution in [0.1, 0.15) is 23.6 Å². The second-order valence-corrected chi connectivity index (χ2v) is 8.86. The van der Waals surface area contributed by atoms with Crippen molar-refractivity contribution in [1.82, 2.24) is 4.90 Å². The van der Waals surface area contributed by atoms with Crippen LogP contribution in [0.2, 0.25) is 0 Å². The average Bonchev–Trinajstić information content (AvgIpc) is 3.18. The predicted octanol–water partition coefficient (Wildman–Crippen LogP) is 0.141. The molecular weight excluding hydrogens is 482 g/mol. The van der Waals surface area contributed by atoms with Gasteiger partial charge in [-0.3, -0.25) is 19.7 Å². The third-order valence-corrected chi connectivity index (χ3v) is 6.72. The number of amides is 1. The van der Waals surface area contributed by atoms with E-state index in [2.05, 4.69) is 0 Å². The fraction of sp³-hybridized carbons (Fsp3) is 0.385. The molecule has 11 nitrogen and oxygen atoms in total. The number of nitro groups is 1. The molecular formula is C26H29N3O8. The number of methoxy groups -OCH3 is 2. The van der Waals surface area contributed by atoms with E-state index in [4.69, 9.17) is 14.2 Å². The van der Waals surface area contributed by atoms with Crippen molar-refractivity contribution in [3.05, 3.63) is 69.3 Å². The fourth-order valence-corrected chi connectivity index (χ4v) is 4.77. The first kappa shape index (κ1) is 26.1. The fourth-order valence-electron chi connectivity index (χ4n) is 4.77. The van der Waals surface area contributed by atoms with E-state index in [1.807, 2.05) is 0 Å². The molecule has 2 heterocycles. The molecule has 1 amide bonds. The summed E-state index contributed by atoms with van der Waals surface area (Å²) in [6.07, 6.45) is 0.621. The van der Waals surface area contributed by atoms with Crippen LogP contribution in [0.15, 0.2) is 48.0 Å². The molecule has 0 saturated carbocycles. The van der Waals surface area contributed by atoms with Crippen LogP contribution in [0.3, 0.4) is 0 Å². The molecule has 0 bridgehead atoms. The first-order valence-corrected chi connectivity index (χ1v) is 12.0. The minimum atomic E-state index is -0.957. The number of hydrogen-bond acceptors (Lipinski definition) is 8. The van der Waals surface area contributed by atoms with Gasteiger partial charge in [-0.25, -0.2) is 0 Å². The Morgan fingerprint density at radius 2 is 1.76 bits per heavy atom. The van der Waals surface area contributed by atoms with Gasteiger partial charge < -0.3 is 29.1 Å². The molecule has 196 valence electrons. The molecule has 37 heavy (non-hydrogen) atoms. The smallest absolute Gasteiger partial charge is 0.295 e. The van der Waals surface area contributed by atoms with Crippen molar-refractivity contribution in [3.63, 3.8) is 0 Å². The number of ether oxygens (including phenoxy) is 3. The number of hydrogen-bond donors (Lipinski definition) is 1. The van der Waals surface area contributed by atoms with Gasteiger partial charge in [-0.15, -0.1) is 0 Å². The monoisotopic (exact) mass is 511 g/mol. The predicted molar refractivity (Wildman–Crippen MR) is 130 cm³/mol. The topological polar surface area (TPSA) is 136 Å². The van der Waals surface area contributed by atoms with Crippen LogP contribution in [0.25, 0.3) is 5.76 Å². The van der Waals surface area contributed by atoms with E-state index in [1.54, 1.807) is 6.07 Å². The van der Waals surface area contributed by atoms with Gasteiger partial charge in [0, 0.05) is 30.7 Å². The van der Waals surface area contributed by atoms with Crippen molar-refractivity contribution in [2.24, 2.45) is 0 Å². The van der Waals surface area contributed by atoms with E-state index in [9.17, 15) is 24.8 Å². The summed E-state index contributed by atoms with van der Waals surface area (Å²) in [5.74, 6) is -1.52. The molecule has 0 aliphatic carbocycles. The Balaban J connectivity index is 1.72. The Morgan fingerprint density at radius 3 is 2.38 bits per heavy atom. The summed E-state index contributed by atoms with van der Waals surface area (Å²) >= 11 is 0. The van der Waals surface area contributed by atoms with Gasteiger partial charge in [0.1, 0.15) is 13.1 Å². The molecule has 0 spiro atoms. The average molecular weight is 512 g/mol. The van der Waals surface area contributed by atoms with Crippen molar-refractivity contribution in [2.45, 2.75) is 12.5 Å². The van der Waals surface area contributed by atoms with Gasteiger partial charge in [0.05, 0.1) is 44.9 Å². The molecule has 4 rings (SSSR count). The van der Waals surface area contributed by atoms with Crippen LogP contribution in [0.5, 0.6) is 11.5 Å². The molecule has 2 aromatic rings. The number of ketones is 1. The molecule has 1 N–H and O–H groups in total. The van der Waals surface area contributed by atoms with Crippen molar-refractivity contribution >= 4 is 23.1 Å². The normalized spacial score (nSPS) is 19.7. The third kappa shape index (κ3) is 5.42. The molecule has 0 radical (unpaired) electrons. The molecule has 2 aliphatic rings. The lowest BCUT2D eigenvalue weighted by atomic mass is 9.95. The van der Waals surface area contributed by atoms with Crippen LogP contribution >= 0.6 is 0 Å². The highest BCUT2D eigenvalue weighted by Gasteiger charge is 2.44. The van der Waals surface area contributed by atoms with Gasteiger partial charge in [0.15, 0.2) is 11.5 Å². The minimum Gasteiger partial charge on any atom is -0.872 e. The number of carbonyl (C=O) groups excluding carboxylic acids is 2. The number of benzene rings is 2. The zero-order valence-electron chi connectivity index (χ0n) is 20.7. The van der Waals surface area contributed by atoms with Gasteiger partial charge in [-0.2, -0.15) is 0 Å². The van der Waals surface area contributed by atoms with Crippen molar-refractivity contribution < 1.29 is 38.7 Å². The highest BCUT2D eigenvalue weighted by molar-refractivity contribution is 6.46. The summed E-state index contributed by atoms with van der Waals surface area (Å²) in [5, 5.41) is 24.8. The molecule has 2 fully saturated rings. The first-order valence-electron chi connectivity index (χ1n) is 12.0. The second kappa shape index (κ2) is 11.4. The summed E-state index contributed by atoms with van der Waals surface area (Å²) in [4.78, 5) is 39.7. The molecule has 1 unspecified atom stereocenters. The van der Waals surface area contributed by atoms with Crippen LogP contribution in [-0.2, 0) is 14.3 Å². The van der Waals surface area contributed by atoms with E-state index >= 15 is 0 Å². The minimum absolute atomic E-state index is 0.130. The number of nitrogens with zero attached hydrogens (tertiary/aromatic N) is 2. The maximum Gasteiger partial charge on any atom is 0.295 e. The number of Topliss-reactive ketones (excluding diaryl/α,β-unsaturated/α-hetero) is 1. The zero-order chi connectivity index (χ0) is 26.5.